The molecule has 1 aromatic carbocycles. The summed E-state index contributed by atoms with van der Waals surface area (Å²) in [5.41, 5.74) is 0.933. The first-order valence-corrected chi connectivity index (χ1v) is 6.20. The molecule has 0 radical (unpaired) electrons. The van der Waals surface area contributed by atoms with Crippen LogP contribution in [-0.4, -0.2) is 15.5 Å². The number of anilines is 1. The molecule has 0 spiro atoms. The molecule has 1 N–H and O–H groups in total. The first kappa shape index (κ1) is 12.1. The molecule has 0 saturated heterocycles. The molecule has 88 valence electrons. The maximum atomic E-state index is 13.0. The number of nitrogens with zero attached hydrogens (tertiary/aromatic N) is 2. The molecule has 2 rings (SSSR count). The molecule has 0 atom stereocenters. The number of amides is 1. The molecule has 17 heavy (non-hydrogen) atoms. The Morgan fingerprint density at radius 3 is 2.94 bits per heavy atom. The van der Waals surface area contributed by atoms with Crippen LogP contribution >= 0.6 is 27.5 Å². The van der Waals surface area contributed by atoms with E-state index in [9.17, 15) is 9.18 Å². The Morgan fingerprint density at radius 1 is 1.53 bits per heavy atom. The van der Waals surface area contributed by atoms with Gasteiger partial charge in [-0.2, -0.15) is 0 Å². The Labute approximate surface area is 109 Å². The minimum Gasteiger partial charge on any atom is -0.320 e. The topological polar surface area (TPSA) is 54.9 Å². The summed E-state index contributed by atoms with van der Waals surface area (Å²) in [6, 6.07) is 4.08. The van der Waals surface area contributed by atoms with Crippen molar-refractivity contribution in [2.75, 3.05) is 5.32 Å². The number of halogens is 2. The molecule has 0 fully saturated rings. The van der Waals surface area contributed by atoms with Gasteiger partial charge in [-0.05, 0) is 52.6 Å². The fourth-order valence-corrected chi connectivity index (χ4v) is 2.11. The number of carbonyl (C=O) groups excluding carboxylic acids is 1. The lowest BCUT2D eigenvalue weighted by Crippen LogP contribution is -2.12. The van der Waals surface area contributed by atoms with E-state index in [2.05, 4.69) is 30.8 Å². The molecule has 0 bridgehead atoms. The fraction of sp³-hybridized carbons (Fsp3) is 0.100. The van der Waals surface area contributed by atoms with Crippen molar-refractivity contribution in [3.05, 3.63) is 39.1 Å². The molecule has 1 aromatic heterocycles. The molecule has 7 heteroatoms. The maximum absolute atomic E-state index is 13.0. The van der Waals surface area contributed by atoms with Crippen LogP contribution in [0.15, 0.2) is 22.7 Å². The molecule has 4 nitrogen and oxygen atoms in total. The summed E-state index contributed by atoms with van der Waals surface area (Å²) in [4.78, 5) is 12.3. The van der Waals surface area contributed by atoms with Crippen LogP contribution in [0.1, 0.15) is 15.4 Å². The van der Waals surface area contributed by atoms with Crippen molar-refractivity contribution in [3.63, 3.8) is 0 Å². The highest BCUT2D eigenvalue weighted by Gasteiger charge is 2.14. The number of carbonyl (C=O) groups is 1. The van der Waals surface area contributed by atoms with Gasteiger partial charge in [-0.1, -0.05) is 4.49 Å². The lowest BCUT2D eigenvalue weighted by molar-refractivity contribution is 0.102. The van der Waals surface area contributed by atoms with Crippen LogP contribution in [0, 0.1) is 12.7 Å². The fourth-order valence-electron chi connectivity index (χ4n) is 1.21. The molecule has 1 amide bonds. The molecule has 1 heterocycles. The van der Waals surface area contributed by atoms with Crippen LogP contribution in [0.5, 0.6) is 0 Å². The summed E-state index contributed by atoms with van der Waals surface area (Å²) in [7, 11) is 0. The highest BCUT2D eigenvalue weighted by Crippen LogP contribution is 2.24. The predicted molar refractivity (Wildman–Crippen MR) is 66.7 cm³/mol. The van der Waals surface area contributed by atoms with Crippen LogP contribution < -0.4 is 5.32 Å². The number of rotatable bonds is 2. The summed E-state index contributed by atoms with van der Waals surface area (Å²) in [6.07, 6.45) is 0. The van der Waals surface area contributed by atoms with E-state index in [1.54, 1.807) is 6.92 Å². The normalized spacial score (nSPS) is 10.3. The summed E-state index contributed by atoms with van der Waals surface area (Å²) < 4.78 is 17.3. The number of benzene rings is 1. The summed E-state index contributed by atoms with van der Waals surface area (Å²) in [5, 5.41) is 6.34. The Bertz CT molecular complexity index is 572. The van der Waals surface area contributed by atoms with E-state index in [0.29, 0.717) is 20.7 Å². The van der Waals surface area contributed by atoms with Gasteiger partial charge in [0.2, 0.25) is 0 Å². The highest BCUT2D eigenvalue weighted by molar-refractivity contribution is 9.10. The molecule has 0 saturated carbocycles. The van der Waals surface area contributed by atoms with E-state index in [1.165, 1.54) is 18.2 Å². The minimum absolute atomic E-state index is 0.344. The van der Waals surface area contributed by atoms with Crippen LogP contribution in [-0.2, 0) is 0 Å². The minimum atomic E-state index is -0.414. The van der Waals surface area contributed by atoms with Crippen LogP contribution in [0.3, 0.4) is 0 Å². The molecule has 2 aromatic rings. The second-order valence-corrected chi connectivity index (χ2v) is 4.87. The van der Waals surface area contributed by atoms with Gasteiger partial charge in [0, 0.05) is 4.47 Å². The van der Waals surface area contributed by atoms with Crippen molar-refractivity contribution in [3.8, 4) is 0 Å². The Kier molecular flexibility index (Phi) is 3.49. The van der Waals surface area contributed by atoms with Crippen LogP contribution in [0.4, 0.5) is 10.1 Å². The largest absolute Gasteiger partial charge is 0.320 e. The quantitative estimate of drug-likeness (QED) is 0.926. The number of aryl methyl sites for hydroxylation is 1. The van der Waals surface area contributed by atoms with Gasteiger partial charge >= 0.3 is 0 Å². The van der Waals surface area contributed by atoms with Crippen molar-refractivity contribution < 1.29 is 9.18 Å². The standard InChI is InChI=1S/C10H7BrFN3OS/c1-5-9(17-15-14-5)10(16)13-8-4-6(12)2-3-7(8)11/h2-4H,1H3,(H,13,16). The number of hydrogen-bond acceptors (Lipinski definition) is 4. The van der Waals surface area contributed by atoms with Gasteiger partial charge in [0.1, 0.15) is 10.7 Å². The third-order valence-electron chi connectivity index (χ3n) is 2.03. The lowest BCUT2D eigenvalue weighted by Gasteiger charge is -2.06. The van der Waals surface area contributed by atoms with Gasteiger partial charge in [0.15, 0.2) is 0 Å². The van der Waals surface area contributed by atoms with Crippen LogP contribution in [0.25, 0.3) is 0 Å². The molecule has 0 aliphatic heterocycles. The Balaban J connectivity index is 2.24. The number of hydrogen-bond donors (Lipinski definition) is 1. The van der Waals surface area contributed by atoms with E-state index in [-0.39, 0.29) is 5.91 Å². The Hall–Kier alpha value is -1.34. The number of aromatic nitrogens is 2. The predicted octanol–water partition coefficient (Wildman–Crippen LogP) is 3.00. The van der Waals surface area contributed by atoms with Gasteiger partial charge in [-0.15, -0.1) is 5.10 Å². The second kappa shape index (κ2) is 4.89. The monoisotopic (exact) mass is 315 g/mol. The van der Waals surface area contributed by atoms with E-state index in [4.69, 9.17) is 0 Å². The zero-order valence-corrected chi connectivity index (χ0v) is 11.1. The third-order valence-corrected chi connectivity index (χ3v) is 3.55. The van der Waals surface area contributed by atoms with Gasteiger partial charge < -0.3 is 5.32 Å². The smallest absolute Gasteiger partial charge is 0.269 e. The molecule has 0 aliphatic carbocycles. The first-order chi connectivity index (χ1) is 8.08. The zero-order valence-electron chi connectivity index (χ0n) is 8.70. The molecular weight excluding hydrogens is 309 g/mol. The van der Waals surface area contributed by atoms with E-state index in [0.717, 1.165) is 11.5 Å². The van der Waals surface area contributed by atoms with Crippen molar-refractivity contribution >= 4 is 39.1 Å². The van der Waals surface area contributed by atoms with E-state index >= 15 is 0 Å². The van der Waals surface area contributed by atoms with Gasteiger partial charge in [-0.25, -0.2) is 4.39 Å². The summed E-state index contributed by atoms with van der Waals surface area (Å²) in [5.74, 6) is -0.758. The SMILES string of the molecule is Cc1nnsc1C(=O)Nc1cc(F)ccc1Br. The molecule has 0 aliphatic rings. The van der Waals surface area contributed by atoms with E-state index < -0.39 is 5.82 Å². The van der Waals surface area contributed by atoms with Crippen molar-refractivity contribution in [1.82, 2.24) is 9.59 Å². The maximum Gasteiger partial charge on any atom is 0.269 e. The van der Waals surface area contributed by atoms with Crippen molar-refractivity contribution in [2.45, 2.75) is 6.92 Å². The molecular formula is C10H7BrFN3OS. The highest BCUT2D eigenvalue weighted by atomic mass is 79.9. The average molecular weight is 316 g/mol. The lowest BCUT2D eigenvalue weighted by atomic mass is 10.3. The first-order valence-electron chi connectivity index (χ1n) is 4.63. The second-order valence-electron chi connectivity index (χ2n) is 3.27. The van der Waals surface area contributed by atoms with Gasteiger partial charge in [-0.3, -0.25) is 4.79 Å². The zero-order chi connectivity index (χ0) is 12.4. The van der Waals surface area contributed by atoms with Crippen LogP contribution in [0.2, 0.25) is 0 Å². The van der Waals surface area contributed by atoms with Gasteiger partial charge in [0.25, 0.3) is 5.91 Å². The number of nitrogens with one attached hydrogen (secondary N) is 1. The van der Waals surface area contributed by atoms with E-state index in [1.807, 2.05) is 0 Å². The van der Waals surface area contributed by atoms with Crippen molar-refractivity contribution in [2.24, 2.45) is 0 Å². The molecule has 0 unspecified atom stereocenters. The van der Waals surface area contributed by atoms with Gasteiger partial charge in [0.05, 0.1) is 11.4 Å². The third kappa shape index (κ3) is 2.67. The summed E-state index contributed by atoms with van der Waals surface area (Å²) >= 11 is 4.24. The Morgan fingerprint density at radius 2 is 2.29 bits per heavy atom. The average Bonchev–Trinajstić information content (AvgIpc) is 2.70. The summed E-state index contributed by atoms with van der Waals surface area (Å²) in [6.45, 7) is 1.69. The van der Waals surface area contributed by atoms with Crippen molar-refractivity contribution in [1.29, 1.82) is 0 Å².